The van der Waals surface area contributed by atoms with Gasteiger partial charge in [0.1, 0.15) is 5.82 Å². The number of nitrogens with zero attached hydrogens (tertiary/aromatic N) is 1. The second-order valence-corrected chi connectivity index (χ2v) is 6.68. The molecule has 0 aliphatic carbocycles. The van der Waals surface area contributed by atoms with Gasteiger partial charge in [0.05, 0.1) is 16.5 Å². The molecule has 0 aliphatic heterocycles. The Morgan fingerprint density at radius 3 is 2.40 bits per heavy atom. The second kappa shape index (κ2) is 7.36. The minimum absolute atomic E-state index is 0.00365. The average Bonchev–Trinajstić information content (AvgIpc) is 2.42. The maximum absolute atomic E-state index is 13.1. The topological polar surface area (TPSA) is 57.6 Å². The zero-order chi connectivity index (χ0) is 15.3. The highest BCUT2D eigenvalue weighted by Crippen LogP contribution is 2.25. The van der Waals surface area contributed by atoms with E-state index in [0.717, 1.165) is 12.1 Å². The largest absolute Gasteiger partial charge is 0.395 e. The maximum Gasteiger partial charge on any atom is 0.243 e. The van der Waals surface area contributed by atoms with E-state index in [9.17, 15) is 12.8 Å². The van der Waals surface area contributed by atoms with Crippen molar-refractivity contribution in [2.24, 2.45) is 0 Å². The fraction of sp³-hybridized carbons (Fsp3) is 0.538. The molecule has 7 heteroatoms. The summed E-state index contributed by atoms with van der Waals surface area (Å²) < 4.78 is 39.6. The first-order valence-corrected chi connectivity index (χ1v) is 8.28. The molecule has 0 bridgehead atoms. The van der Waals surface area contributed by atoms with Crippen molar-refractivity contribution in [2.45, 2.75) is 37.6 Å². The molecule has 114 valence electrons. The van der Waals surface area contributed by atoms with Gasteiger partial charge in [-0.2, -0.15) is 4.31 Å². The molecule has 20 heavy (non-hydrogen) atoms. The van der Waals surface area contributed by atoms with Crippen LogP contribution in [0.5, 0.6) is 0 Å². The van der Waals surface area contributed by atoms with Crippen LogP contribution in [0, 0.1) is 5.82 Å². The van der Waals surface area contributed by atoms with Crippen LogP contribution in [-0.2, 0) is 10.0 Å². The van der Waals surface area contributed by atoms with Crippen molar-refractivity contribution in [1.29, 1.82) is 0 Å². The first-order chi connectivity index (χ1) is 9.38. The van der Waals surface area contributed by atoms with Gasteiger partial charge in [-0.1, -0.05) is 25.4 Å². The predicted molar refractivity (Wildman–Crippen MR) is 76.8 cm³/mol. The molecule has 1 rings (SSSR count). The van der Waals surface area contributed by atoms with Gasteiger partial charge in [-0.3, -0.25) is 0 Å². The Hall–Kier alpha value is -0.690. The van der Waals surface area contributed by atoms with Gasteiger partial charge in [-0.05, 0) is 31.0 Å². The Kier molecular flexibility index (Phi) is 6.39. The van der Waals surface area contributed by atoms with Crippen LogP contribution >= 0.6 is 11.6 Å². The molecule has 0 aliphatic rings. The minimum Gasteiger partial charge on any atom is -0.395 e. The van der Waals surface area contributed by atoms with Gasteiger partial charge in [-0.15, -0.1) is 0 Å². The van der Waals surface area contributed by atoms with E-state index in [2.05, 4.69) is 0 Å². The lowest BCUT2D eigenvalue weighted by molar-refractivity contribution is 0.219. The first kappa shape index (κ1) is 17.4. The van der Waals surface area contributed by atoms with E-state index in [1.54, 1.807) is 0 Å². The van der Waals surface area contributed by atoms with Crippen molar-refractivity contribution in [3.8, 4) is 0 Å². The molecule has 0 saturated carbocycles. The van der Waals surface area contributed by atoms with Crippen LogP contribution in [0.4, 0.5) is 4.39 Å². The van der Waals surface area contributed by atoms with Gasteiger partial charge < -0.3 is 5.11 Å². The van der Waals surface area contributed by atoms with Gasteiger partial charge in [0.2, 0.25) is 10.0 Å². The predicted octanol–water partition coefficient (Wildman–Crippen LogP) is 2.65. The minimum atomic E-state index is -3.80. The van der Waals surface area contributed by atoms with Crippen LogP contribution < -0.4 is 0 Å². The quantitative estimate of drug-likeness (QED) is 0.839. The summed E-state index contributed by atoms with van der Waals surface area (Å²) in [7, 11) is -3.80. The number of hydrogen-bond acceptors (Lipinski definition) is 3. The zero-order valence-corrected chi connectivity index (χ0v) is 13.1. The molecular formula is C13H19ClFNO3S. The highest BCUT2D eigenvalue weighted by molar-refractivity contribution is 7.89. The van der Waals surface area contributed by atoms with Crippen molar-refractivity contribution in [3.63, 3.8) is 0 Å². The molecule has 0 unspecified atom stereocenters. The molecule has 0 fully saturated rings. The molecule has 0 aromatic heterocycles. The third-order valence-electron chi connectivity index (χ3n) is 3.17. The summed E-state index contributed by atoms with van der Waals surface area (Å²) >= 11 is 5.64. The molecule has 1 aromatic carbocycles. The maximum atomic E-state index is 13.1. The highest BCUT2D eigenvalue weighted by Gasteiger charge is 2.29. The standard InChI is InChI=1S/C13H19ClFNO3S/c1-3-10(4-2)16(7-8-17)20(18,19)11-5-6-13(15)12(14)9-11/h5-6,9-10,17H,3-4,7-8H2,1-2H3. The van der Waals surface area contributed by atoms with Crippen molar-refractivity contribution in [3.05, 3.63) is 29.0 Å². The van der Waals surface area contributed by atoms with Gasteiger partial charge in [0.25, 0.3) is 0 Å². The van der Waals surface area contributed by atoms with Gasteiger partial charge in [-0.25, -0.2) is 12.8 Å². The lowest BCUT2D eigenvalue weighted by atomic mass is 10.2. The molecule has 1 N–H and O–H groups in total. The van der Waals surface area contributed by atoms with Crippen molar-refractivity contribution < 1.29 is 17.9 Å². The highest BCUT2D eigenvalue weighted by atomic mass is 35.5. The molecule has 1 aromatic rings. The van der Waals surface area contributed by atoms with Crippen LogP contribution in [0.1, 0.15) is 26.7 Å². The van der Waals surface area contributed by atoms with Crippen molar-refractivity contribution >= 4 is 21.6 Å². The number of aliphatic hydroxyl groups is 1. The first-order valence-electron chi connectivity index (χ1n) is 6.46. The summed E-state index contributed by atoms with van der Waals surface area (Å²) in [5.41, 5.74) is 0. The number of sulfonamides is 1. The summed E-state index contributed by atoms with van der Waals surface area (Å²) in [5.74, 6) is -0.665. The van der Waals surface area contributed by atoms with E-state index in [4.69, 9.17) is 16.7 Å². The number of rotatable bonds is 7. The molecule has 0 saturated heterocycles. The SMILES string of the molecule is CCC(CC)N(CCO)S(=O)(=O)c1ccc(F)c(Cl)c1. The third-order valence-corrected chi connectivity index (χ3v) is 5.41. The number of aliphatic hydroxyl groups excluding tert-OH is 1. The molecule has 0 heterocycles. The zero-order valence-electron chi connectivity index (χ0n) is 11.5. The fourth-order valence-corrected chi connectivity index (χ4v) is 4.10. The summed E-state index contributed by atoms with van der Waals surface area (Å²) in [6.07, 6.45) is 1.26. The smallest absolute Gasteiger partial charge is 0.243 e. The molecular weight excluding hydrogens is 305 g/mol. The lowest BCUT2D eigenvalue weighted by Crippen LogP contribution is -2.41. The van der Waals surface area contributed by atoms with Crippen LogP contribution in [0.25, 0.3) is 0 Å². The fourth-order valence-electron chi connectivity index (χ4n) is 2.07. The van der Waals surface area contributed by atoms with E-state index in [1.807, 2.05) is 13.8 Å². The van der Waals surface area contributed by atoms with Gasteiger partial charge in [0, 0.05) is 12.6 Å². The van der Waals surface area contributed by atoms with Crippen molar-refractivity contribution in [1.82, 2.24) is 4.31 Å². The van der Waals surface area contributed by atoms with E-state index in [-0.39, 0.29) is 29.1 Å². The van der Waals surface area contributed by atoms with E-state index < -0.39 is 15.8 Å². The monoisotopic (exact) mass is 323 g/mol. The van der Waals surface area contributed by atoms with Crippen molar-refractivity contribution in [2.75, 3.05) is 13.2 Å². The van der Waals surface area contributed by atoms with E-state index in [0.29, 0.717) is 12.8 Å². The second-order valence-electron chi connectivity index (χ2n) is 4.39. The Balaban J connectivity index is 3.24. The summed E-state index contributed by atoms with van der Waals surface area (Å²) in [6, 6.07) is 3.10. The molecule has 0 atom stereocenters. The van der Waals surface area contributed by atoms with Gasteiger partial charge in [0.15, 0.2) is 0 Å². The Morgan fingerprint density at radius 1 is 1.35 bits per heavy atom. The average molecular weight is 324 g/mol. The molecule has 4 nitrogen and oxygen atoms in total. The molecule has 0 radical (unpaired) electrons. The van der Waals surface area contributed by atoms with Crippen LogP contribution in [0.3, 0.4) is 0 Å². The number of benzene rings is 1. The Labute approximate surface area is 124 Å². The number of hydrogen-bond donors (Lipinski definition) is 1. The Morgan fingerprint density at radius 2 is 1.95 bits per heavy atom. The number of halogens is 2. The lowest BCUT2D eigenvalue weighted by Gasteiger charge is -2.29. The summed E-state index contributed by atoms with van der Waals surface area (Å²) in [5, 5.41) is 8.86. The summed E-state index contributed by atoms with van der Waals surface area (Å²) in [4.78, 5) is -0.0655. The molecule has 0 spiro atoms. The third kappa shape index (κ3) is 3.69. The van der Waals surface area contributed by atoms with Crippen LogP contribution in [0.15, 0.2) is 23.1 Å². The van der Waals surface area contributed by atoms with E-state index in [1.165, 1.54) is 10.4 Å². The molecule has 0 amide bonds. The Bertz CT molecular complexity index is 547. The summed E-state index contributed by atoms with van der Waals surface area (Å²) in [6.45, 7) is 3.49. The van der Waals surface area contributed by atoms with Crippen LogP contribution in [-0.4, -0.2) is 37.0 Å². The van der Waals surface area contributed by atoms with E-state index >= 15 is 0 Å². The van der Waals surface area contributed by atoms with Crippen LogP contribution in [0.2, 0.25) is 5.02 Å². The van der Waals surface area contributed by atoms with Gasteiger partial charge >= 0.3 is 0 Å². The normalized spacial score (nSPS) is 12.3.